The predicted molar refractivity (Wildman–Crippen MR) is 103 cm³/mol. The Balaban J connectivity index is 1.73. The number of thiocarbonyl (C=S) groups is 1. The molecule has 4 aromatic rings. The molecule has 0 aliphatic rings. The van der Waals surface area contributed by atoms with E-state index in [1.165, 1.54) is 6.07 Å². The molecule has 0 atom stereocenters. The van der Waals surface area contributed by atoms with Crippen LogP contribution in [-0.4, -0.2) is 15.1 Å². The van der Waals surface area contributed by atoms with Crippen molar-refractivity contribution in [1.82, 2.24) is 9.97 Å². The summed E-state index contributed by atoms with van der Waals surface area (Å²) in [7, 11) is 0. The Morgan fingerprint density at radius 3 is 2.40 bits per heavy atom. The summed E-state index contributed by atoms with van der Waals surface area (Å²) in [4.78, 5) is 8.87. The number of fused-ring (bicyclic) bond motifs is 3. The second-order valence-electron chi connectivity index (χ2n) is 5.46. The second-order valence-corrected chi connectivity index (χ2v) is 5.87. The minimum atomic E-state index is -0.360. The van der Waals surface area contributed by atoms with Gasteiger partial charge < -0.3 is 10.6 Å². The van der Waals surface area contributed by atoms with Gasteiger partial charge in [-0.25, -0.2) is 4.39 Å². The number of hydrogen-bond acceptors (Lipinski definition) is 3. The van der Waals surface area contributed by atoms with Crippen LogP contribution in [0.1, 0.15) is 0 Å². The highest BCUT2D eigenvalue weighted by Crippen LogP contribution is 2.29. The molecule has 122 valence electrons. The minimum Gasteiger partial charge on any atom is -0.332 e. The van der Waals surface area contributed by atoms with E-state index in [0.29, 0.717) is 10.8 Å². The van der Waals surface area contributed by atoms with E-state index >= 15 is 0 Å². The van der Waals surface area contributed by atoms with E-state index in [1.54, 1.807) is 30.6 Å². The van der Waals surface area contributed by atoms with Gasteiger partial charge in [0.25, 0.3) is 0 Å². The van der Waals surface area contributed by atoms with Crippen molar-refractivity contribution in [3.8, 4) is 0 Å². The highest BCUT2D eigenvalue weighted by molar-refractivity contribution is 7.80. The number of aromatic nitrogens is 2. The van der Waals surface area contributed by atoms with Gasteiger partial charge in [-0.3, -0.25) is 9.97 Å². The first-order valence-corrected chi connectivity index (χ1v) is 8.08. The van der Waals surface area contributed by atoms with E-state index in [1.807, 2.05) is 30.3 Å². The molecule has 0 aliphatic heterocycles. The maximum Gasteiger partial charge on any atom is 0.175 e. The molecule has 0 fully saturated rings. The van der Waals surface area contributed by atoms with Crippen LogP contribution in [-0.2, 0) is 0 Å². The number of para-hydroxylation sites is 1. The summed E-state index contributed by atoms with van der Waals surface area (Å²) in [5.41, 5.74) is 2.73. The fraction of sp³-hybridized carbons (Fsp3) is 0. The van der Waals surface area contributed by atoms with Crippen molar-refractivity contribution in [2.45, 2.75) is 0 Å². The van der Waals surface area contributed by atoms with Crippen LogP contribution in [0.2, 0.25) is 0 Å². The Hall–Kier alpha value is -3.12. The van der Waals surface area contributed by atoms with Gasteiger partial charge in [0.05, 0.1) is 22.4 Å². The Morgan fingerprint density at radius 1 is 0.840 bits per heavy atom. The molecule has 0 unspecified atom stereocenters. The van der Waals surface area contributed by atoms with Crippen LogP contribution in [0.15, 0.2) is 67.0 Å². The molecule has 0 amide bonds. The topological polar surface area (TPSA) is 49.8 Å². The standard InChI is InChI=1S/C19H13FN4S/c20-14-7-1-2-8-15(14)23-19(25)24-16-11-12-5-3-9-21-17(12)18-13(16)6-4-10-22-18/h1-11H,(H2,23,24,25). The number of anilines is 2. The van der Waals surface area contributed by atoms with E-state index in [9.17, 15) is 4.39 Å². The van der Waals surface area contributed by atoms with E-state index in [2.05, 4.69) is 20.6 Å². The first-order chi connectivity index (χ1) is 12.2. The lowest BCUT2D eigenvalue weighted by Gasteiger charge is -2.14. The largest absolute Gasteiger partial charge is 0.332 e. The number of nitrogens with zero attached hydrogens (tertiary/aromatic N) is 2. The van der Waals surface area contributed by atoms with E-state index in [0.717, 1.165) is 27.5 Å². The van der Waals surface area contributed by atoms with Gasteiger partial charge in [0.2, 0.25) is 0 Å². The minimum absolute atomic E-state index is 0.304. The highest BCUT2D eigenvalue weighted by Gasteiger charge is 2.10. The normalized spacial score (nSPS) is 10.8. The molecule has 2 aromatic heterocycles. The maximum absolute atomic E-state index is 13.8. The van der Waals surface area contributed by atoms with Gasteiger partial charge in [0, 0.05) is 23.2 Å². The fourth-order valence-corrected chi connectivity index (χ4v) is 2.94. The van der Waals surface area contributed by atoms with Crippen LogP contribution in [0.25, 0.3) is 21.8 Å². The van der Waals surface area contributed by atoms with Crippen molar-refractivity contribution in [2.24, 2.45) is 0 Å². The van der Waals surface area contributed by atoms with Crippen LogP contribution in [0.5, 0.6) is 0 Å². The van der Waals surface area contributed by atoms with Crippen molar-refractivity contribution < 1.29 is 4.39 Å². The van der Waals surface area contributed by atoms with Crippen molar-refractivity contribution in [3.05, 3.63) is 72.8 Å². The lowest BCUT2D eigenvalue weighted by Crippen LogP contribution is -2.20. The quantitative estimate of drug-likeness (QED) is 0.405. The lowest BCUT2D eigenvalue weighted by molar-refractivity contribution is 0.632. The monoisotopic (exact) mass is 348 g/mol. The average Bonchev–Trinajstić information content (AvgIpc) is 2.64. The summed E-state index contributed by atoms with van der Waals surface area (Å²) in [6.07, 6.45) is 3.48. The van der Waals surface area contributed by atoms with Gasteiger partial charge in [-0.2, -0.15) is 0 Å². The number of rotatable bonds is 2. The summed E-state index contributed by atoms with van der Waals surface area (Å²) in [6, 6.07) is 16.0. The second kappa shape index (κ2) is 6.41. The summed E-state index contributed by atoms with van der Waals surface area (Å²) < 4.78 is 13.8. The molecule has 2 heterocycles. The summed E-state index contributed by atoms with van der Waals surface area (Å²) in [5, 5.41) is 8.17. The fourth-order valence-electron chi connectivity index (χ4n) is 2.72. The summed E-state index contributed by atoms with van der Waals surface area (Å²) in [5.74, 6) is -0.360. The molecule has 0 spiro atoms. The van der Waals surface area contributed by atoms with Crippen molar-refractivity contribution >= 4 is 50.5 Å². The van der Waals surface area contributed by atoms with Gasteiger partial charge in [0.15, 0.2) is 5.11 Å². The van der Waals surface area contributed by atoms with Crippen molar-refractivity contribution in [3.63, 3.8) is 0 Å². The van der Waals surface area contributed by atoms with Crippen molar-refractivity contribution in [1.29, 1.82) is 0 Å². The highest BCUT2D eigenvalue weighted by atomic mass is 32.1. The Morgan fingerprint density at radius 2 is 1.56 bits per heavy atom. The zero-order valence-electron chi connectivity index (χ0n) is 13.0. The maximum atomic E-state index is 13.8. The zero-order chi connectivity index (χ0) is 17.2. The zero-order valence-corrected chi connectivity index (χ0v) is 13.8. The molecule has 0 radical (unpaired) electrons. The molecule has 4 nitrogen and oxygen atoms in total. The molecule has 0 saturated heterocycles. The third kappa shape index (κ3) is 2.99. The molecular formula is C19H13FN4S. The summed E-state index contributed by atoms with van der Waals surface area (Å²) in [6.45, 7) is 0. The molecule has 25 heavy (non-hydrogen) atoms. The van der Waals surface area contributed by atoms with Crippen LogP contribution in [0, 0.1) is 5.82 Å². The molecule has 6 heteroatoms. The van der Waals surface area contributed by atoms with E-state index < -0.39 is 0 Å². The van der Waals surface area contributed by atoms with Gasteiger partial charge >= 0.3 is 0 Å². The van der Waals surface area contributed by atoms with Crippen molar-refractivity contribution in [2.75, 3.05) is 10.6 Å². The SMILES string of the molecule is Fc1ccccc1NC(=S)Nc1cc2cccnc2c2ncccc12. The van der Waals surface area contributed by atoms with Crippen LogP contribution < -0.4 is 10.6 Å². The molecule has 0 bridgehead atoms. The molecule has 4 rings (SSSR count). The third-order valence-corrected chi connectivity index (χ3v) is 4.04. The number of halogens is 1. The molecule has 0 saturated carbocycles. The van der Waals surface area contributed by atoms with Gasteiger partial charge in [0.1, 0.15) is 5.82 Å². The van der Waals surface area contributed by atoms with Gasteiger partial charge in [-0.05, 0) is 48.6 Å². The Labute approximate surface area is 148 Å². The lowest BCUT2D eigenvalue weighted by atomic mass is 10.1. The molecule has 0 aliphatic carbocycles. The average molecular weight is 348 g/mol. The Bertz CT molecular complexity index is 1100. The van der Waals surface area contributed by atoms with E-state index in [4.69, 9.17) is 12.2 Å². The van der Waals surface area contributed by atoms with Crippen LogP contribution in [0.3, 0.4) is 0 Å². The predicted octanol–water partition coefficient (Wildman–Crippen LogP) is 4.73. The number of pyridine rings is 2. The van der Waals surface area contributed by atoms with Gasteiger partial charge in [-0.1, -0.05) is 18.2 Å². The Kier molecular flexibility index (Phi) is 3.95. The summed E-state index contributed by atoms with van der Waals surface area (Å²) >= 11 is 5.34. The first kappa shape index (κ1) is 15.4. The number of benzene rings is 2. The van der Waals surface area contributed by atoms with E-state index in [-0.39, 0.29) is 5.82 Å². The number of nitrogens with one attached hydrogen (secondary N) is 2. The third-order valence-electron chi connectivity index (χ3n) is 3.83. The van der Waals surface area contributed by atoms with Crippen LogP contribution in [0.4, 0.5) is 15.8 Å². The smallest absolute Gasteiger partial charge is 0.175 e. The van der Waals surface area contributed by atoms with Gasteiger partial charge in [-0.15, -0.1) is 0 Å². The van der Waals surface area contributed by atoms with Crippen LogP contribution >= 0.6 is 12.2 Å². The number of hydrogen-bond donors (Lipinski definition) is 2. The first-order valence-electron chi connectivity index (χ1n) is 7.67. The molecular weight excluding hydrogens is 335 g/mol. The molecule has 2 N–H and O–H groups in total. The molecule has 2 aromatic carbocycles.